The Morgan fingerprint density at radius 1 is 1.44 bits per heavy atom. The number of carbonyl (C=O) groups is 1. The van der Waals surface area contributed by atoms with Gasteiger partial charge in [-0.15, -0.1) is 0 Å². The Hall–Kier alpha value is -0.610. The highest BCUT2D eigenvalue weighted by atomic mass is 16.5. The van der Waals surface area contributed by atoms with Crippen molar-refractivity contribution in [1.29, 1.82) is 0 Å². The monoisotopic (exact) mass is 231 g/mol. The number of ether oxygens (including phenoxy) is 1. The molecule has 4 nitrogen and oxygen atoms in total. The van der Waals surface area contributed by atoms with Crippen LogP contribution in [0.15, 0.2) is 0 Å². The molecular weight excluding hydrogens is 206 g/mol. The largest absolute Gasteiger partial charge is 0.480 e. The fraction of sp³-hybridized carbons (Fsp3) is 0.917. The Labute approximate surface area is 98.4 Å². The molecule has 0 aliphatic heterocycles. The fourth-order valence-electron chi connectivity index (χ4n) is 1.54. The smallest absolute Gasteiger partial charge is 0.323 e. The Morgan fingerprint density at radius 3 is 2.25 bits per heavy atom. The molecule has 2 N–H and O–H groups in total. The molecule has 0 fully saturated rings. The van der Waals surface area contributed by atoms with Crippen LogP contribution in [0.4, 0.5) is 0 Å². The number of aliphatic carboxylic acids is 1. The van der Waals surface area contributed by atoms with Crippen molar-refractivity contribution in [3.63, 3.8) is 0 Å². The molecule has 2 unspecified atom stereocenters. The Balaban J connectivity index is 4.43. The lowest BCUT2D eigenvalue weighted by atomic mass is 9.94. The number of carboxylic acid groups (broad SMARTS) is 1. The Kier molecular flexibility index (Phi) is 5.42. The predicted octanol–water partition coefficient (Wildman–Crippen LogP) is 2.03. The van der Waals surface area contributed by atoms with Gasteiger partial charge < -0.3 is 15.2 Å². The summed E-state index contributed by atoms with van der Waals surface area (Å²) in [6.45, 7) is 9.67. The zero-order valence-corrected chi connectivity index (χ0v) is 11.3. The SMILES string of the molecule is CCC(C)(C)OC(C)CC(C)(NC)C(=O)O. The first kappa shape index (κ1) is 15.4. The maximum absolute atomic E-state index is 11.1. The minimum absolute atomic E-state index is 0.0940. The molecule has 0 bridgehead atoms. The molecule has 4 heteroatoms. The molecule has 0 saturated carbocycles. The predicted molar refractivity (Wildman–Crippen MR) is 64.6 cm³/mol. The standard InChI is InChI=1S/C12H25NO3/c1-7-11(3,4)16-9(2)8-12(5,13-6)10(14)15/h9,13H,7-8H2,1-6H3,(H,14,15). The van der Waals surface area contributed by atoms with E-state index < -0.39 is 11.5 Å². The van der Waals surface area contributed by atoms with Gasteiger partial charge in [-0.05, 0) is 41.2 Å². The van der Waals surface area contributed by atoms with Crippen molar-refractivity contribution in [3.05, 3.63) is 0 Å². The van der Waals surface area contributed by atoms with Gasteiger partial charge in [0.2, 0.25) is 0 Å². The molecule has 0 aromatic heterocycles. The maximum atomic E-state index is 11.1. The van der Waals surface area contributed by atoms with Crippen LogP contribution in [0.3, 0.4) is 0 Å². The van der Waals surface area contributed by atoms with Crippen LogP contribution in [0, 0.1) is 0 Å². The molecule has 16 heavy (non-hydrogen) atoms. The molecule has 0 heterocycles. The third-order valence-electron chi connectivity index (χ3n) is 3.09. The van der Waals surface area contributed by atoms with E-state index in [4.69, 9.17) is 9.84 Å². The zero-order chi connectivity index (χ0) is 13.0. The highest BCUT2D eigenvalue weighted by Gasteiger charge is 2.34. The van der Waals surface area contributed by atoms with Crippen molar-refractivity contribution in [3.8, 4) is 0 Å². The quantitative estimate of drug-likeness (QED) is 0.704. The van der Waals surface area contributed by atoms with Crippen LogP contribution in [0.2, 0.25) is 0 Å². The summed E-state index contributed by atoms with van der Waals surface area (Å²) in [6, 6.07) is 0. The number of hydrogen-bond acceptors (Lipinski definition) is 3. The molecule has 0 aliphatic rings. The molecule has 2 atom stereocenters. The normalized spacial score (nSPS) is 17.9. The maximum Gasteiger partial charge on any atom is 0.323 e. The number of hydrogen-bond donors (Lipinski definition) is 2. The van der Waals surface area contributed by atoms with Crippen molar-refractivity contribution in [1.82, 2.24) is 5.32 Å². The lowest BCUT2D eigenvalue weighted by Crippen LogP contribution is -2.50. The van der Waals surface area contributed by atoms with Gasteiger partial charge in [0.1, 0.15) is 5.54 Å². The van der Waals surface area contributed by atoms with Gasteiger partial charge in [0, 0.05) is 6.42 Å². The van der Waals surface area contributed by atoms with E-state index >= 15 is 0 Å². The first-order valence-corrected chi connectivity index (χ1v) is 5.77. The second kappa shape index (κ2) is 5.64. The molecule has 0 rings (SSSR count). The van der Waals surface area contributed by atoms with E-state index in [1.54, 1.807) is 14.0 Å². The molecule has 0 amide bonds. The lowest BCUT2D eigenvalue weighted by Gasteiger charge is -2.33. The molecule has 96 valence electrons. The number of carboxylic acids is 1. The average molecular weight is 231 g/mol. The second-order valence-electron chi connectivity index (χ2n) is 5.13. The van der Waals surface area contributed by atoms with E-state index in [1.165, 1.54) is 0 Å². The number of likely N-dealkylation sites (N-methyl/N-ethyl adjacent to an activating group) is 1. The highest BCUT2D eigenvalue weighted by Crippen LogP contribution is 2.21. The summed E-state index contributed by atoms with van der Waals surface area (Å²) in [4.78, 5) is 11.1. The summed E-state index contributed by atoms with van der Waals surface area (Å²) in [5.41, 5.74) is -1.13. The van der Waals surface area contributed by atoms with Crippen molar-refractivity contribution >= 4 is 5.97 Å². The Bertz CT molecular complexity index is 240. The van der Waals surface area contributed by atoms with E-state index in [2.05, 4.69) is 12.2 Å². The molecular formula is C12H25NO3. The fourth-order valence-corrected chi connectivity index (χ4v) is 1.54. The lowest BCUT2D eigenvalue weighted by molar-refractivity contribution is -0.147. The van der Waals surface area contributed by atoms with Crippen LogP contribution in [0.25, 0.3) is 0 Å². The first-order chi connectivity index (χ1) is 7.17. The summed E-state index contributed by atoms with van der Waals surface area (Å²) >= 11 is 0. The number of rotatable bonds is 7. The minimum Gasteiger partial charge on any atom is -0.480 e. The van der Waals surface area contributed by atoms with Gasteiger partial charge in [-0.3, -0.25) is 4.79 Å². The van der Waals surface area contributed by atoms with Crippen molar-refractivity contribution in [2.45, 2.75) is 64.7 Å². The van der Waals surface area contributed by atoms with Gasteiger partial charge >= 0.3 is 5.97 Å². The molecule has 0 saturated heterocycles. The second-order valence-corrected chi connectivity index (χ2v) is 5.13. The highest BCUT2D eigenvalue weighted by molar-refractivity contribution is 5.78. The van der Waals surface area contributed by atoms with Crippen LogP contribution in [0.5, 0.6) is 0 Å². The van der Waals surface area contributed by atoms with E-state index in [0.717, 1.165) is 6.42 Å². The average Bonchev–Trinajstić information content (AvgIpc) is 2.16. The van der Waals surface area contributed by atoms with Gasteiger partial charge in [0.25, 0.3) is 0 Å². The molecule has 0 spiro atoms. The zero-order valence-electron chi connectivity index (χ0n) is 11.3. The van der Waals surface area contributed by atoms with E-state index in [1.807, 2.05) is 20.8 Å². The van der Waals surface area contributed by atoms with Crippen molar-refractivity contribution in [2.75, 3.05) is 7.05 Å². The van der Waals surface area contributed by atoms with Crippen molar-refractivity contribution < 1.29 is 14.6 Å². The van der Waals surface area contributed by atoms with Gasteiger partial charge in [0.15, 0.2) is 0 Å². The third kappa shape index (κ3) is 4.49. The van der Waals surface area contributed by atoms with Crippen molar-refractivity contribution in [2.24, 2.45) is 0 Å². The van der Waals surface area contributed by atoms with E-state index in [0.29, 0.717) is 6.42 Å². The van der Waals surface area contributed by atoms with Gasteiger partial charge in [-0.25, -0.2) is 0 Å². The van der Waals surface area contributed by atoms with E-state index in [-0.39, 0.29) is 11.7 Å². The molecule has 0 aliphatic carbocycles. The molecule has 0 radical (unpaired) electrons. The number of nitrogens with one attached hydrogen (secondary N) is 1. The Morgan fingerprint density at radius 2 is 1.94 bits per heavy atom. The van der Waals surface area contributed by atoms with E-state index in [9.17, 15) is 4.79 Å². The third-order valence-corrected chi connectivity index (χ3v) is 3.09. The van der Waals surface area contributed by atoms with Gasteiger partial charge in [-0.1, -0.05) is 6.92 Å². The van der Waals surface area contributed by atoms with Crippen LogP contribution < -0.4 is 5.32 Å². The summed E-state index contributed by atoms with van der Waals surface area (Å²) in [6.07, 6.45) is 1.26. The summed E-state index contributed by atoms with van der Waals surface area (Å²) in [5.74, 6) is -0.847. The molecule has 0 aromatic rings. The minimum atomic E-state index is -0.927. The van der Waals surface area contributed by atoms with Gasteiger partial charge in [0.05, 0.1) is 11.7 Å². The van der Waals surface area contributed by atoms with Gasteiger partial charge in [-0.2, -0.15) is 0 Å². The first-order valence-electron chi connectivity index (χ1n) is 5.77. The topological polar surface area (TPSA) is 58.6 Å². The van der Waals surface area contributed by atoms with Crippen LogP contribution in [-0.2, 0) is 9.53 Å². The van der Waals surface area contributed by atoms with Crippen LogP contribution in [0.1, 0.15) is 47.5 Å². The summed E-state index contributed by atoms with van der Waals surface area (Å²) in [7, 11) is 1.66. The summed E-state index contributed by atoms with van der Waals surface area (Å²) < 4.78 is 5.83. The molecule has 0 aromatic carbocycles. The van der Waals surface area contributed by atoms with Crippen LogP contribution >= 0.6 is 0 Å². The summed E-state index contributed by atoms with van der Waals surface area (Å²) in [5, 5.41) is 12.0. The van der Waals surface area contributed by atoms with Crippen LogP contribution in [-0.4, -0.2) is 35.4 Å².